The zero-order chi connectivity index (χ0) is 22.4. The minimum Gasteiger partial charge on any atom is -0.493 e. The van der Waals surface area contributed by atoms with Crippen molar-refractivity contribution in [2.45, 2.75) is 11.5 Å². The largest absolute Gasteiger partial charge is 0.493 e. The molecule has 1 N–H and O–H groups in total. The van der Waals surface area contributed by atoms with Crippen LogP contribution in [-0.4, -0.2) is 44.8 Å². The lowest BCUT2D eigenvalue weighted by Gasteiger charge is -2.14. The van der Waals surface area contributed by atoms with Gasteiger partial charge >= 0.3 is 0 Å². The van der Waals surface area contributed by atoms with Crippen molar-refractivity contribution in [1.29, 1.82) is 0 Å². The lowest BCUT2D eigenvalue weighted by atomic mass is 10.2. The zero-order valence-electron chi connectivity index (χ0n) is 17.4. The number of hydrogen-bond acceptors (Lipinski definition) is 6. The van der Waals surface area contributed by atoms with Crippen molar-refractivity contribution < 1.29 is 22.7 Å². The second kappa shape index (κ2) is 9.59. The van der Waals surface area contributed by atoms with E-state index in [1.807, 2.05) is 12.1 Å². The molecular weight excluding hydrogens is 418 g/mol. The Morgan fingerprint density at radius 1 is 1.06 bits per heavy atom. The molecule has 9 heteroatoms. The van der Waals surface area contributed by atoms with E-state index < -0.39 is 15.9 Å². The van der Waals surface area contributed by atoms with Gasteiger partial charge in [-0.1, -0.05) is 12.1 Å². The highest BCUT2D eigenvalue weighted by atomic mass is 32.2. The summed E-state index contributed by atoms with van der Waals surface area (Å²) in [6, 6.07) is 14.6. The number of anilines is 1. The Morgan fingerprint density at radius 2 is 1.87 bits per heavy atom. The van der Waals surface area contributed by atoms with E-state index in [1.165, 1.54) is 39.4 Å². The van der Waals surface area contributed by atoms with Crippen LogP contribution in [0, 0.1) is 0 Å². The molecule has 0 unspecified atom stereocenters. The topological polar surface area (TPSA) is 97.8 Å². The van der Waals surface area contributed by atoms with Crippen molar-refractivity contribution in [2.75, 3.05) is 26.5 Å². The van der Waals surface area contributed by atoms with Crippen molar-refractivity contribution in [3.63, 3.8) is 0 Å². The second-order valence-electron chi connectivity index (χ2n) is 6.78. The molecule has 162 valence electrons. The number of nitrogens with zero attached hydrogens (tertiary/aromatic N) is 2. The zero-order valence-corrected chi connectivity index (χ0v) is 18.2. The molecule has 0 aliphatic heterocycles. The van der Waals surface area contributed by atoms with Crippen molar-refractivity contribution in [1.82, 2.24) is 9.29 Å². The second-order valence-corrected chi connectivity index (χ2v) is 8.94. The summed E-state index contributed by atoms with van der Waals surface area (Å²) in [5, 5.41) is 2.76. The summed E-state index contributed by atoms with van der Waals surface area (Å²) in [5.41, 5.74) is 1.59. The predicted molar refractivity (Wildman–Crippen MR) is 117 cm³/mol. The molecule has 2 aromatic carbocycles. The summed E-state index contributed by atoms with van der Waals surface area (Å²) in [6.45, 7) is 0.284. The molecule has 0 bridgehead atoms. The molecule has 3 rings (SSSR count). The molecule has 1 amide bonds. The molecule has 0 saturated heterocycles. The molecule has 3 aromatic rings. The standard InChI is InChI=1S/C22H23N3O5S/c1-25(2)31(27,28)19-8-4-7-17(12-19)22(26)24-18-9-10-20(29-3)21(13-18)30-15-16-6-5-11-23-14-16/h4-14H,15H2,1-3H3,(H,24,26). The van der Waals surface area contributed by atoms with Crippen molar-refractivity contribution >= 4 is 21.6 Å². The highest BCUT2D eigenvalue weighted by molar-refractivity contribution is 7.89. The third-order valence-electron chi connectivity index (χ3n) is 4.41. The third kappa shape index (κ3) is 5.39. The monoisotopic (exact) mass is 441 g/mol. The van der Waals surface area contributed by atoms with Gasteiger partial charge in [-0.3, -0.25) is 9.78 Å². The summed E-state index contributed by atoms with van der Waals surface area (Å²) in [6.07, 6.45) is 3.38. The molecular formula is C22H23N3O5S. The van der Waals surface area contributed by atoms with Crippen LogP contribution in [0.15, 0.2) is 71.9 Å². The van der Waals surface area contributed by atoms with Gasteiger partial charge in [0.1, 0.15) is 6.61 Å². The van der Waals surface area contributed by atoms with E-state index in [2.05, 4.69) is 10.3 Å². The average Bonchev–Trinajstić information content (AvgIpc) is 2.78. The summed E-state index contributed by atoms with van der Waals surface area (Å²) in [7, 11) is 0.759. The Bertz CT molecular complexity index is 1160. The van der Waals surface area contributed by atoms with Gasteiger partial charge < -0.3 is 14.8 Å². The van der Waals surface area contributed by atoms with E-state index in [0.717, 1.165) is 9.87 Å². The predicted octanol–water partition coefficient (Wildman–Crippen LogP) is 3.17. The van der Waals surface area contributed by atoms with Crippen LogP contribution in [0.25, 0.3) is 0 Å². The van der Waals surface area contributed by atoms with E-state index in [4.69, 9.17) is 9.47 Å². The average molecular weight is 442 g/mol. The van der Waals surface area contributed by atoms with Gasteiger partial charge in [0, 0.05) is 49.4 Å². The number of sulfonamides is 1. The van der Waals surface area contributed by atoms with Gasteiger partial charge in [0.15, 0.2) is 11.5 Å². The van der Waals surface area contributed by atoms with Crippen LogP contribution in [0.3, 0.4) is 0 Å². The smallest absolute Gasteiger partial charge is 0.255 e. The Hall–Kier alpha value is -3.43. The molecule has 8 nitrogen and oxygen atoms in total. The van der Waals surface area contributed by atoms with E-state index in [9.17, 15) is 13.2 Å². The van der Waals surface area contributed by atoms with Crippen LogP contribution in [0.1, 0.15) is 15.9 Å². The summed E-state index contributed by atoms with van der Waals surface area (Å²) in [4.78, 5) is 16.8. The van der Waals surface area contributed by atoms with Crippen molar-refractivity contribution in [3.8, 4) is 11.5 Å². The number of carbonyl (C=O) groups excluding carboxylic acids is 1. The highest BCUT2D eigenvalue weighted by Gasteiger charge is 2.19. The summed E-state index contributed by atoms with van der Waals surface area (Å²) < 4.78 is 36.9. The maximum Gasteiger partial charge on any atom is 0.255 e. The lowest BCUT2D eigenvalue weighted by Crippen LogP contribution is -2.22. The minimum absolute atomic E-state index is 0.0420. The number of nitrogens with one attached hydrogen (secondary N) is 1. The van der Waals surface area contributed by atoms with Gasteiger partial charge in [-0.2, -0.15) is 0 Å². The molecule has 0 atom stereocenters. The highest BCUT2D eigenvalue weighted by Crippen LogP contribution is 2.31. The number of rotatable bonds is 8. The fraction of sp³-hybridized carbons (Fsp3) is 0.182. The Labute approximate surface area is 181 Å². The van der Waals surface area contributed by atoms with E-state index in [1.54, 1.807) is 36.7 Å². The molecule has 0 aliphatic rings. The number of benzene rings is 2. The van der Waals surface area contributed by atoms with Gasteiger partial charge in [0.2, 0.25) is 10.0 Å². The van der Waals surface area contributed by atoms with Crippen LogP contribution in [0.5, 0.6) is 11.5 Å². The number of ether oxygens (including phenoxy) is 2. The van der Waals surface area contributed by atoms with Crippen LogP contribution >= 0.6 is 0 Å². The first kappa shape index (κ1) is 22.3. The Morgan fingerprint density at radius 3 is 2.55 bits per heavy atom. The van der Waals surface area contributed by atoms with E-state index in [-0.39, 0.29) is 17.1 Å². The SMILES string of the molecule is COc1ccc(NC(=O)c2cccc(S(=O)(=O)N(C)C)c2)cc1OCc1cccnc1. The first-order valence-corrected chi connectivity index (χ1v) is 10.8. The molecule has 0 radical (unpaired) electrons. The summed E-state index contributed by atoms with van der Waals surface area (Å²) in [5.74, 6) is 0.522. The Kier molecular flexibility index (Phi) is 6.88. The van der Waals surface area contributed by atoms with Crippen molar-refractivity contribution in [2.24, 2.45) is 0 Å². The van der Waals surface area contributed by atoms with Crippen molar-refractivity contribution in [3.05, 3.63) is 78.1 Å². The van der Waals surface area contributed by atoms with Crippen LogP contribution in [0.4, 0.5) is 5.69 Å². The number of methoxy groups -OCH3 is 1. The van der Waals surface area contributed by atoms with Gasteiger partial charge in [0.25, 0.3) is 5.91 Å². The van der Waals surface area contributed by atoms with Gasteiger partial charge in [-0.25, -0.2) is 12.7 Å². The maximum absolute atomic E-state index is 12.7. The van der Waals surface area contributed by atoms with Gasteiger partial charge in [-0.05, 0) is 36.4 Å². The van der Waals surface area contributed by atoms with Crippen LogP contribution in [-0.2, 0) is 16.6 Å². The minimum atomic E-state index is -3.64. The van der Waals surface area contributed by atoms with Gasteiger partial charge in [-0.15, -0.1) is 0 Å². The maximum atomic E-state index is 12.7. The first-order chi connectivity index (χ1) is 14.8. The summed E-state index contributed by atoms with van der Waals surface area (Å²) >= 11 is 0. The molecule has 31 heavy (non-hydrogen) atoms. The molecule has 0 aliphatic carbocycles. The number of pyridine rings is 1. The number of amides is 1. The molecule has 0 saturated carbocycles. The van der Waals surface area contributed by atoms with Crippen LogP contribution < -0.4 is 14.8 Å². The number of carbonyl (C=O) groups is 1. The van der Waals surface area contributed by atoms with Gasteiger partial charge in [0.05, 0.1) is 12.0 Å². The fourth-order valence-electron chi connectivity index (χ4n) is 2.72. The van der Waals surface area contributed by atoms with E-state index in [0.29, 0.717) is 17.2 Å². The number of aromatic nitrogens is 1. The molecule has 0 fully saturated rings. The molecule has 0 spiro atoms. The van der Waals surface area contributed by atoms with Crippen LogP contribution in [0.2, 0.25) is 0 Å². The quantitative estimate of drug-likeness (QED) is 0.577. The fourth-order valence-corrected chi connectivity index (χ4v) is 3.67. The third-order valence-corrected chi connectivity index (χ3v) is 6.22. The normalized spacial score (nSPS) is 11.2. The molecule has 1 heterocycles. The first-order valence-electron chi connectivity index (χ1n) is 9.35. The number of hydrogen-bond donors (Lipinski definition) is 1. The van der Waals surface area contributed by atoms with E-state index >= 15 is 0 Å². The molecule has 1 aromatic heterocycles. The Balaban J connectivity index is 1.79. The lowest BCUT2D eigenvalue weighted by molar-refractivity contribution is 0.102.